The average Bonchev–Trinajstić information content (AvgIpc) is 3.42. The van der Waals surface area contributed by atoms with Gasteiger partial charge in [-0.15, -0.1) is 0 Å². The van der Waals surface area contributed by atoms with Crippen LogP contribution < -0.4 is 5.32 Å². The number of benzene rings is 1. The highest BCUT2D eigenvalue weighted by atomic mass is 19.1. The number of fused-ring (bicyclic) bond motifs is 1. The number of alkyl halides is 1. The molecule has 1 unspecified atom stereocenters. The minimum Gasteiger partial charge on any atom is -0.344 e. The van der Waals surface area contributed by atoms with E-state index in [1.165, 1.54) is 23.0 Å². The first kappa shape index (κ1) is 23.2. The molecule has 2 saturated heterocycles. The largest absolute Gasteiger partial charge is 0.344 e. The summed E-state index contributed by atoms with van der Waals surface area (Å²) in [5.74, 6) is -0.982. The number of likely N-dealkylation sites (tertiary alicyclic amines) is 1. The maximum absolute atomic E-state index is 14.4. The second-order valence-electron chi connectivity index (χ2n) is 10.3. The summed E-state index contributed by atoms with van der Waals surface area (Å²) in [6, 6.07) is 6.50. The highest BCUT2D eigenvalue weighted by molar-refractivity contribution is 5.94. The Morgan fingerprint density at radius 3 is 2.79 bits per heavy atom. The maximum atomic E-state index is 14.4. The van der Waals surface area contributed by atoms with E-state index < -0.39 is 29.6 Å². The summed E-state index contributed by atoms with van der Waals surface area (Å²) >= 11 is 0. The van der Waals surface area contributed by atoms with E-state index in [0.717, 1.165) is 12.0 Å². The van der Waals surface area contributed by atoms with Gasteiger partial charge in [-0.2, -0.15) is 5.26 Å². The van der Waals surface area contributed by atoms with Crippen LogP contribution in [-0.2, 0) is 33.9 Å². The summed E-state index contributed by atoms with van der Waals surface area (Å²) in [5, 5.41) is 12.0. The number of nitrogens with one attached hydrogen (secondary N) is 1. The standard InChI is InChI=1S/C25H31FN4O3/c1-15(2)7-16-5-4-6-17-12-29(13-20(16)17)22(31)9-18-8-21(28-23(18)32)24(33)30-14-25(3,26)10-19(30)11-27/h4-6,15,18-19,21H,7-10,12-14H2,1-3H3,(H,28,32)/t18-,19-,21-,25?/m0/s1. The number of carbonyl (C=O) groups is 3. The Hall–Kier alpha value is -2.95. The van der Waals surface area contributed by atoms with Gasteiger partial charge in [0.25, 0.3) is 0 Å². The fourth-order valence-corrected chi connectivity index (χ4v) is 5.31. The van der Waals surface area contributed by atoms with Gasteiger partial charge in [0.05, 0.1) is 12.6 Å². The van der Waals surface area contributed by atoms with Crippen LogP contribution in [0.5, 0.6) is 0 Å². The van der Waals surface area contributed by atoms with Crippen molar-refractivity contribution in [3.05, 3.63) is 34.9 Å². The van der Waals surface area contributed by atoms with E-state index >= 15 is 0 Å². The Morgan fingerprint density at radius 2 is 2.09 bits per heavy atom. The molecule has 0 aromatic heterocycles. The zero-order valence-corrected chi connectivity index (χ0v) is 19.4. The van der Waals surface area contributed by atoms with Crippen LogP contribution in [0, 0.1) is 23.2 Å². The monoisotopic (exact) mass is 454 g/mol. The van der Waals surface area contributed by atoms with Crippen molar-refractivity contribution in [3.8, 4) is 6.07 Å². The lowest BCUT2D eigenvalue weighted by Gasteiger charge is -2.23. The normalized spacial score (nSPS) is 28.7. The lowest BCUT2D eigenvalue weighted by atomic mass is 9.96. The summed E-state index contributed by atoms with van der Waals surface area (Å²) in [4.78, 5) is 41.5. The lowest BCUT2D eigenvalue weighted by Crippen LogP contribution is -2.46. The van der Waals surface area contributed by atoms with Crippen molar-refractivity contribution in [2.75, 3.05) is 6.54 Å². The van der Waals surface area contributed by atoms with Gasteiger partial charge in [0.15, 0.2) is 0 Å². The molecule has 0 saturated carbocycles. The molecule has 1 N–H and O–H groups in total. The SMILES string of the molecule is CC(C)Cc1cccc2c1CN(C(=O)C[C@@H]1C[C@@H](C(=O)N3CC(C)(F)C[C@H]3C#N)NC1=O)C2. The van der Waals surface area contributed by atoms with Gasteiger partial charge in [-0.1, -0.05) is 32.0 Å². The van der Waals surface area contributed by atoms with Crippen molar-refractivity contribution in [1.82, 2.24) is 15.1 Å². The number of nitrogens with zero attached hydrogens (tertiary/aromatic N) is 3. The van der Waals surface area contributed by atoms with Crippen molar-refractivity contribution < 1.29 is 18.8 Å². The molecule has 33 heavy (non-hydrogen) atoms. The van der Waals surface area contributed by atoms with Crippen LogP contribution in [0.1, 0.15) is 56.7 Å². The molecule has 1 aromatic rings. The molecule has 3 aliphatic rings. The molecule has 4 rings (SSSR count). The molecule has 0 bridgehead atoms. The second kappa shape index (κ2) is 8.77. The van der Waals surface area contributed by atoms with Gasteiger partial charge < -0.3 is 15.1 Å². The van der Waals surface area contributed by atoms with Crippen LogP contribution >= 0.6 is 0 Å². The van der Waals surface area contributed by atoms with Crippen LogP contribution in [0.4, 0.5) is 4.39 Å². The molecule has 3 heterocycles. The molecule has 8 heteroatoms. The number of amides is 3. The van der Waals surface area contributed by atoms with Gasteiger partial charge in [-0.3, -0.25) is 14.4 Å². The van der Waals surface area contributed by atoms with E-state index in [4.69, 9.17) is 0 Å². The lowest BCUT2D eigenvalue weighted by molar-refractivity contribution is -0.135. The number of hydrogen-bond acceptors (Lipinski definition) is 4. The first-order valence-corrected chi connectivity index (χ1v) is 11.6. The first-order chi connectivity index (χ1) is 15.6. The van der Waals surface area contributed by atoms with Gasteiger partial charge in [-0.05, 0) is 42.4 Å². The van der Waals surface area contributed by atoms with Gasteiger partial charge in [-0.25, -0.2) is 4.39 Å². The van der Waals surface area contributed by atoms with Crippen LogP contribution in [-0.4, -0.2) is 51.8 Å². The fourth-order valence-electron chi connectivity index (χ4n) is 5.31. The van der Waals surface area contributed by atoms with E-state index in [2.05, 4.69) is 25.2 Å². The van der Waals surface area contributed by atoms with Crippen molar-refractivity contribution in [2.24, 2.45) is 11.8 Å². The molecule has 0 aliphatic carbocycles. The third kappa shape index (κ3) is 4.73. The topological polar surface area (TPSA) is 93.5 Å². The minimum absolute atomic E-state index is 0.0334. The molecule has 3 aliphatic heterocycles. The van der Waals surface area contributed by atoms with E-state index in [0.29, 0.717) is 19.0 Å². The van der Waals surface area contributed by atoms with E-state index in [9.17, 15) is 24.0 Å². The molecule has 1 aromatic carbocycles. The Morgan fingerprint density at radius 1 is 1.33 bits per heavy atom. The van der Waals surface area contributed by atoms with Crippen molar-refractivity contribution in [3.63, 3.8) is 0 Å². The number of halogens is 1. The summed E-state index contributed by atoms with van der Waals surface area (Å²) in [6.45, 7) is 6.63. The fraction of sp³-hybridized carbons (Fsp3) is 0.600. The molecule has 2 fully saturated rings. The Balaban J connectivity index is 1.37. The van der Waals surface area contributed by atoms with Gasteiger partial charge in [0, 0.05) is 31.8 Å². The zero-order chi connectivity index (χ0) is 23.9. The van der Waals surface area contributed by atoms with Crippen molar-refractivity contribution >= 4 is 17.7 Å². The maximum Gasteiger partial charge on any atom is 0.246 e. The van der Waals surface area contributed by atoms with Crippen LogP contribution in [0.2, 0.25) is 0 Å². The zero-order valence-electron chi connectivity index (χ0n) is 19.4. The van der Waals surface area contributed by atoms with Crippen LogP contribution in [0.3, 0.4) is 0 Å². The highest BCUT2D eigenvalue weighted by Gasteiger charge is 2.47. The second-order valence-corrected chi connectivity index (χ2v) is 10.3. The van der Waals surface area contributed by atoms with Crippen molar-refractivity contribution in [1.29, 1.82) is 5.26 Å². The summed E-state index contributed by atoms with van der Waals surface area (Å²) < 4.78 is 14.4. The average molecular weight is 455 g/mol. The number of carbonyl (C=O) groups excluding carboxylic acids is 3. The molecule has 0 radical (unpaired) electrons. The van der Waals surface area contributed by atoms with Gasteiger partial charge in [0.2, 0.25) is 17.7 Å². The Labute approximate surface area is 193 Å². The van der Waals surface area contributed by atoms with Crippen LogP contribution in [0.25, 0.3) is 0 Å². The highest BCUT2D eigenvalue weighted by Crippen LogP contribution is 2.33. The molecule has 0 spiro atoms. The number of nitriles is 1. The van der Waals surface area contributed by atoms with E-state index in [1.807, 2.05) is 18.2 Å². The third-order valence-corrected chi connectivity index (χ3v) is 6.92. The van der Waals surface area contributed by atoms with Crippen LogP contribution in [0.15, 0.2) is 18.2 Å². The summed E-state index contributed by atoms with van der Waals surface area (Å²) in [5.41, 5.74) is 2.00. The molecule has 3 amide bonds. The van der Waals surface area contributed by atoms with Crippen molar-refractivity contribution in [2.45, 2.75) is 77.3 Å². The predicted octanol–water partition coefficient (Wildman–Crippen LogP) is 2.47. The van der Waals surface area contributed by atoms with Gasteiger partial charge >= 0.3 is 0 Å². The number of rotatable bonds is 5. The summed E-state index contributed by atoms with van der Waals surface area (Å²) in [6.07, 6.45) is 1.14. The quantitative estimate of drug-likeness (QED) is 0.740. The molecule has 7 nitrogen and oxygen atoms in total. The smallest absolute Gasteiger partial charge is 0.246 e. The number of hydrogen-bond donors (Lipinski definition) is 1. The molecular weight excluding hydrogens is 423 g/mol. The first-order valence-electron chi connectivity index (χ1n) is 11.6. The third-order valence-electron chi connectivity index (χ3n) is 6.92. The summed E-state index contributed by atoms with van der Waals surface area (Å²) in [7, 11) is 0. The van der Waals surface area contributed by atoms with E-state index in [-0.39, 0.29) is 37.6 Å². The Bertz CT molecular complexity index is 1020. The van der Waals surface area contributed by atoms with Gasteiger partial charge in [0.1, 0.15) is 17.8 Å². The minimum atomic E-state index is -1.62. The molecule has 176 valence electrons. The molecular formula is C25H31FN4O3. The Kier molecular flexibility index (Phi) is 6.17. The predicted molar refractivity (Wildman–Crippen MR) is 119 cm³/mol. The molecule has 4 atom stereocenters. The van der Waals surface area contributed by atoms with E-state index in [1.54, 1.807) is 4.90 Å².